The van der Waals surface area contributed by atoms with Crippen molar-refractivity contribution in [2.75, 3.05) is 12.0 Å². The molecule has 0 fully saturated rings. The molecule has 1 atom stereocenters. The Hall–Kier alpha value is -0.940. The third-order valence-corrected chi connectivity index (χ3v) is 3.38. The molecule has 16 heavy (non-hydrogen) atoms. The van der Waals surface area contributed by atoms with Gasteiger partial charge in [-0.25, -0.2) is 8.42 Å². The van der Waals surface area contributed by atoms with E-state index in [9.17, 15) is 8.42 Å². The molecule has 4 nitrogen and oxygen atoms in total. The standard InChI is InChI=1S/C11H18N2O2S/c1-9-5-6-13-11(8-9)10(12)4-3-7-16(2,14)15/h5-6,8,10H,3-4,7,12H2,1-2H3. The smallest absolute Gasteiger partial charge is 0.147 e. The first-order valence-corrected chi connectivity index (χ1v) is 7.30. The lowest BCUT2D eigenvalue weighted by molar-refractivity contribution is 0.584. The predicted octanol–water partition coefficient (Wildman–Crippen LogP) is 1.21. The number of pyridine rings is 1. The van der Waals surface area contributed by atoms with E-state index < -0.39 is 9.84 Å². The quantitative estimate of drug-likeness (QED) is 0.842. The summed E-state index contributed by atoms with van der Waals surface area (Å²) in [6.45, 7) is 1.98. The van der Waals surface area contributed by atoms with Gasteiger partial charge in [0.2, 0.25) is 0 Å². The highest BCUT2D eigenvalue weighted by Crippen LogP contribution is 2.14. The second-order valence-electron chi connectivity index (χ2n) is 4.14. The highest BCUT2D eigenvalue weighted by molar-refractivity contribution is 7.90. The fourth-order valence-electron chi connectivity index (χ4n) is 1.48. The van der Waals surface area contributed by atoms with E-state index in [1.165, 1.54) is 6.26 Å². The minimum atomic E-state index is -2.89. The summed E-state index contributed by atoms with van der Waals surface area (Å²) in [5.74, 6) is 0.187. The molecule has 0 saturated heterocycles. The first-order valence-electron chi connectivity index (χ1n) is 5.24. The van der Waals surface area contributed by atoms with Crippen LogP contribution < -0.4 is 5.73 Å². The van der Waals surface area contributed by atoms with Crippen LogP contribution in [0.2, 0.25) is 0 Å². The van der Waals surface area contributed by atoms with Crippen molar-refractivity contribution >= 4 is 9.84 Å². The average Bonchev–Trinajstić information content (AvgIpc) is 2.15. The zero-order valence-corrected chi connectivity index (χ0v) is 10.5. The number of nitrogens with zero attached hydrogens (tertiary/aromatic N) is 1. The van der Waals surface area contributed by atoms with Gasteiger partial charge in [-0.15, -0.1) is 0 Å². The third kappa shape index (κ3) is 4.72. The van der Waals surface area contributed by atoms with Gasteiger partial charge in [0.15, 0.2) is 0 Å². The molecule has 0 amide bonds. The fraction of sp³-hybridized carbons (Fsp3) is 0.545. The molecule has 0 saturated carbocycles. The van der Waals surface area contributed by atoms with Gasteiger partial charge in [-0.05, 0) is 37.5 Å². The number of sulfone groups is 1. The van der Waals surface area contributed by atoms with Crippen LogP contribution >= 0.6 is 0 Å². The van der Waals surface area contributed by atoms with E-state index in [2.05, 4.69) is 4.98 Å². The summed E-state index contributed by atoms with van der Waals surface area (Å²) >= 11 is 0. The van der Waals surface area contributed by atoms with Crippen molar-refractivity contribution in [2.45, 2.75) is 25.8 Å². The van der Waals surface area contributed by atoms with Crippen molar-refractivity contribution in [1.82, 2.24) is 4.98 Å². The SMILES string of the molecule is Cc1ccnc(C(N)CCCS(C)(=O)=O)c1. The van der Waals surface area contributed by atoms with Gasteiger partial charge in [-0.1, -0.05) is 0 Å². The molecule has 0 aromatic carbocycles. The summed E-state index contributed by atoms with van der Waals surface area (Å²) in [6.07, 6.45) is 4.18. The number of aryl methyl sites for hydroxylation is 1. The van der Waals surface area contributed by atoms with Gasteiger partial charge in [0.25, 0.3) is 0 Å². The first-order chi connectivity index (χ1) is 7.38. The third-order valence-electron chi connectivity index (χ3n) is 2.35. The zero-order valence-electron chi connectivity index (χ0n) is 9.68. The Balaban J connectivity index is 2.50. The van der Waals surface area contributed by atoms with Crippen molar-refractivity contribution in [3.05, 3.63) is 29.6 Å². The minimum Gasteiger partial charge on any atom is -0.323 e. The molecule has 1 heterocycles. The second-order valence-corrected chi connectivity index (χ2v) is 6.40. The number of rotatable bonds is 5. The van der Waals surface area contributed by atoms with Crippen LogP contribution in [0.5, 0.6) is 0 Å². The van der Waals surface area contributed by atoms with Crippen LogP contribution in [-0.4, -0.2) is 25.4 Å². The van der Waals surface area contributed by atoms with Gasteiger partial charge in [0.1, 0.15) is 9.84 Å². The summed E-state index contributed by atoms with van der Waals surface area (Å²) in [4.78, 5) is 4.18. The molecule has 0 aliphatic heterocycles. The van der Waals surface area contributed by atoms with E-state index in [1.807, 2.05) is 19.1 Å². The molecule has 5 heteroatoms. The van der Waals surface area contributed by atoms with Crippen molar-refractivity contribution in [1.29, 1.82) is 0 Å². The topological polar surface area (TPSA) is 73.0 Å². The van der Waals surface area contributed by atoms with Gasteiger partial charge in [0.05, 0.1) is 5.69 Å². The van der Waals surface area contributed by atoms with Crippen LogP contribution in [0, 0.1) is 6.92 Å². The molecule has 90 valence electrons. The Labute approximate surface area is 96.8 Å². The number of aromatic nitrogens is 1. The van der Waals surface area contributed by atoms with E-state index in [0.717, 1.165) is 11.3 Å². The van der Waals surface area contributed by atoms with E-state index in [-0.39, 0.29) is 11.8 Å². The summed E-state index contributed by atoms with van der Waals surface area (Å²) in [6, 6.07) is 3.67. The Morgan fingerprint density at radius 3 is 2.75 bits per heavy atom. The van der Waals surface area contributed by atoms with Crippen molar-refractivity contribution < 1.29 is 8.42 Å². The maximum atomic E-state index is 10.9. The maximum Gasteiger partial charge on any atom is 0.147 e. The molecule has 0 aliphatic rings. The lowest BCUT2D eigenvalue weighted by Crippen LogP contribution is -2.14. The Morgan fingerprint density at radius 1 is 1.50 bits per heavy atom. The van der Waals surface area contributed by atoms with Crippen molar-refractivity contribution in [3.63, 3.8) is 0 Å². The van der Waals surface area contributed by atoms with Crippen molar-refractivity contribution in [2.24, 2.45) is 5.73 Å². The summed E-state index contributed by atoms with van der Waals surface area (Å²) in [5, 5.41) is 0. The molecule has 1 unspecified atom stereocenters. The lowest BCUT2D eigenvalue weighted by atomic mass is 10.1. The molecule has 2 N–H and O–H groups in total. The number of nitrogens with two attached hydrogens (primary N) is 1. The number of hydrogen-bond donors (Lipinski definition) is 1. The predicted molar refractivity (Wildman–Crippen MR) is 64.8 cm³/mol. The van der Waals surface area contributed by atoms with Crippen molar-refractivity contribution in [3.8, 4) is 0 Å². The Bertz CT molecular complexity index is 443. The van der Waals surface area contributed by atoms with E-state index in [4.69, 9.17) is 5.73 Å². The normalized spacial score (nSPS) is 13.7. The van der Waals surface area contributed by atoms with Crippen LogP contribution in [0.15, 0.2) is 18.3 Å². The molecule has 1 rings (SSSR count). The van der Waals surface area contributed by atoms with Crippen LogP contribution in [-0.2, 0) is 9.84 Å². The Morgan fingerprint density at radius 2 is 2.19 bits per heavy atom. The van der Waals surface area contributed by atoms with Gasteiger partial charge in [-0.3, -0.25) is 4.98 Å². The van der Waals surface area contributed by atoms with Gasteiger partial charge >= 0.3 is 0 Å². The molecule has 1 aromatic rings. The molecule has 1 aromatic heterocycles. The second kappa shape index (κ2) is 5.41. The zero-order chi connectivity index (χ0) is 12.2. The molecular weight excluding hydrogens is 224 g/mol. The minimum absolute atomic E-state index is 0.179. The molecule has 0 radical (unpaired) electrons. The fourth-order valence-corrected chi connectivity index (χ4v) is 2.17. The summed E-state index contributed by atoms with van der Waals surface area (Å²) in [7, 11) is -2.89. The summed E-state index contributed by atoms with van der Waals surface area (Å²) in [5.41, 5.74) is 7.88. The Kier molecular flexibility index (Phi) is 4.44. The van der Waals surface area contributed by atoms with Crippen LogP contribution in [0.25, 0.3) is 0 Å². The van der Waals surface area contributed by atoms with Gasteiger partial charge in [-0.2, -0.15) is 0 Å². The van der Waals surface area contributed by atoms with E-state index in [1.54, 1.807) is 6.20 Å². The highest BCUT2D eigenvalue weighted by Gasteiger charge is 2.09. The number of hydrogen-bond acceptors (Lipinski definition) is 4. The molecule has 0 spiro atoms. The van der Waals surface area contributed by atoms with Gasteiger partial charge < -0.3 is 5.73 Å². The largest absolute Gasteiger partial charge is 0.323 e. The van der Waals surface area contributed by atoms with E-state index in [0.29, 0.717) is 12.8 Å². The van der Waals surface area contributed by atoms with Crippen LogP contribution in [0.4, 0.5) is 0 Å². The average molecular weight is 242 g/mol. The van der Waals surface area contributed by atoms with Gasteiger partial charge in [0, 0.05) is 24.2 Å². The lowest BCUT2D eigenvalue weighted by Gasteiger charge is -2.10. The van der Waals surface area contributed by atoms with Crippen LogP contribution in [0.3, 0.4) is 0 Å². The first kappa shape index (κ1) is 13.1. The van der Waals surface area contributed by atoms with Crippen LogP contribution in [0.1, 0.15) is 30.1 Å². The summed E-state index contributed by atoms with van der Waals surface area (Å²) < 4.78 is 21.9. The molecule has 0 bridgehead atoms. The monoisotopic (exact) mass is 242 g/mol. The molecular formula is C11H18N2O2S. The highest BCUT2D eigenvalue weighted by atomic mass is 32.2. The van der Waals surface area contributed by atoms with E-state index >= 15 is 0 Å². The maximum absolute atomic E-state index is 10.9. The molecule has 0 aliphatic carbocycles.